The second-order valence-electron chi connectivity index (χ2n) is 5.61. The van der Waals surface area contributed by atoms with Crippen LogP contribution >= 0.6 is 0 Å². The van der Waals surface area contributed by atoms with Crippen molar-refractivity contribution in [3.8, 4) is 5.75 Å². The van der Waals surface area contributed by atoms with Gasteiger partial charge in [0.15, 0.2) is 0 Å². The molecular weight excluding hydrogens is 242 g/mol. The van der Waals surface area contributed by atoms with E-state index in [2.05, 4.69) is 0 Å². The molecule has 4 nitrogen and oxygen atoms in total. The van der Waals surface area contributed by atoms with Crippen LogP contribution in [-0.2, 0) is 0 Å². The Balaban J connectivity index is 2.12. The number of nitrogens with zero attached hydrogens (tertiary/aromatic N) is 1. The normalized spacial score (nSPS) is 17.4. The molecule has 0 bridgehead atoms. The zero-order valence-corrected chi connectivity index (χ0v) is 11.5. The van der Waals surface area contributed by atoms with E-state index in [0.29, 0.717) is 12.1 Å². The number of likely N-dealkylation sites (N-methyl/N-ethyl adjacent to an activating group) is 1. The van der Waals surface area contributed by atoms with E-state index >= 15 is 0 Å². The zero-order chi connectivity index (χ0) is 14.0. The van der Waals surface area contributed by atoms with Gasteiger partial charge in [0, 0.05) is 13.6 Å². The van der Waals surface area contributed by atoms with E-state index in [-0.39, 0.29) is 11.7 Å². The van der Waals surface area contributed by atoms with Crippen LogP contribution in [0.2, 0.25) is 0 Å². The molecule has 0 radical (unpaired) electrons. The fourth-order valence-electron chi connectivity index (χ4n) is 2.73. The highest BCUT2D eigenvalue weighted by molar-refractivity contribution is 5.96. The molecule has 0 spiro atoms. The molecule has 2 rings (SSSR count). The quantitative estimate of drug-likeness (QED) is 0.877. The molecule has 1 saturated carbocycles. The predicted octanol–water partition coefficient (Wildman–Crippen LogP) is 2.08. The van der Waals surface area contributed by atoms with Crippen molar-refractivity contribution in [3.63, 3.8) is 0 Å². The first-order chi connectivity index (χ1) is 8.91. The summed E-state index contributed by atoms with van der Waals surface area (Å²) in [6.07, 6.45) is 3.50. The molecule has 1 aliphatic carbocycles. The second kappa shape index (κ2) is 5.21. The van der Waals surface area contributed by atoms with Gasteiger partial charge in [0.25, 0.3) is 5.91 Å². The Morgan fingerprint density at radius 2 is 2.00 bits per heavy atom. The summed E-state index contributed by atoms with van der Waals surface area (Å²) in [6.45, 7) is 2.19. The fraction of sp³-hybridized carbons (Fsp3) is 0.533. The van der Waals surface area contributed by atoms with Gasteiger partial charge in [-0.05, 0) is 31.9 Å². The molecule has 1 amide bonds. The van der Waals surface area contributed by atoms with Crippen LogP contribution in [0.15, 0.2) is 18.2 Å². The Kier molecular flexibility index (Phi) is 3.80. The Hall–Kier alpha value is -1.55. The van der Waals surface area contributed by atoms with E-state index < -0.39 is 5.60 Å². The SMILES string of the molecule is Cc1ccc(O)c(C(=O)N(C)CC2(O)CCCC2)c1. The average molecular weight is 263 g/mol. The second-order valence-corrected chi connectivity index (χ2v) is 5.61. The number of phenols is 1. The number of aromatic hydroxyl groups is 1. The van der Waals surface area contributed by atoms with Crippen LogP contribution in [0, 0.1) is 6.92 Å². The number of benzene rings is 1. The van der Waals surface area contributed by atoms with Crippen molar-refractivity contribution < 1.29 is 15.0 Å². The maximum absolute atomic E-state index is 12.3. The van der Waals surface area contributed by atoms with Crippen LogP contribution in [0.5, 0.6) is 5.75 Å². The summed E-state index contributed by atoms with van der Waals surface area (Å²) in [6, 6.07) is 4.96. The van der Waals surface area contributed by atoms with Crippen LogP contribution in [0.3, 0.4) is 0 Å². The molecule has 19 heavy (non-hydrogen) atoms. The Morgan fingerprint density at radius 1 is 1.37 bits per heavy atom. The van der Waals surface area contributed by atoms with Crippen molar-refractivity contribution in [2.45, 2.75) is 38.2 Å². The van der Waals surface area contributed by atoms with Crippen LogP contribution < -0.4 is 0 Å². The standard InChI is InChI=1S/C15H21NO3/c1-11-5-6-13(17)12(9-11)14(18)16(2)10-15(19)7-3-4-8-15/h5-6,9,17,19H,3-4,7-8,10H2,1-2H3. The van der Waals surface area contributed by atoms with Crippen molar-refractivity contribution in [2.75, 3.05) is 13.6 Å². The van der Waals surface area contributed by atoms with Gasteiger partial charge in [-0.1, -0.05) is 24.5 Å². The number of aryl methyl sites for hydroxylation is 1. The minimum Gasteiger partial charge on any atom is -0.507 e. The number of carbonyl (C=O) groups is 1. The number of aliphatic hydroxyl groups is 1. The van der Waals surface area contributed by atoms with E-state index in [1.165, 1.54) is 11.0 Å². The van der Waals surface area contributed by atoms with Gasteiger partial charge in [0.05, 0.1) is 11.2 Å². The Labute approximate surface area is 113 Å². The van der Waals surface area contributed by atoms with Gasteiger partial charge in [-0.25, -0.2) is 0 Å². The molecular formula is C15H21NO3. The highest BCUT2D eigenvalue weighted by atomic mass is 16.3. The maximum atomic E-state index is 12.3. The molecule has 1 fully saturated rings. The van der Waals surface area contributed by atoms with E-state index in [0.717, 1.165) is 31.2 Å². The number of hydrogen-bond donors (Lipinski definition) is 2. The third-order valence-corrected chi connectivity index (χ3v) is 3.79. The van der Waals surface area contributed by atoms with Crippen molar-refractivity contribution in [2.24, 2.45) is 0 Å². The molecule has 0 unspecified atom stereocenters. The molecule has 1 aromatic rings. The molecule has 0 aliphatic heterocycles. The summed E-state index contributed by atoms with van der Waals surface area (Å²) < 4.78 is 0. The molecule has 0 aromatic heterocycles. The lowest BCUT2D eigenvalue weighted by Crippen LogP contribution is -2.42. The summed E-state index contributed by atoms with van der Waals surface area (Å²) in [5.74, 6) is -0.262. The van der Waals surface area contributed by atoms with Crippen molar-refractivity contribution >= 4 is 5.91 Å². The smallest absolute Gasteiger partial charge is 0.257 e. The topological polar surface area (TPSA) is 60.8 Å². The lowest BCUT2D eigenvalue weighted by atomic mass is 10.0. The molecule has 0 atom stereocenters. The molecule has 1 aliphatic rings. The average Bonchev–Trinajstić information content (AvgIpc) is 2.78. The van der Waals surface area contributed by atoms with Gasteiger partial charge in [0.2, 0.25) is 0 Å². The Bertz CT molecular complexity index is 478. The minimum absolute atomic E-state index is 0.0131. The molecule has 4 heteroatoms. The van der Waals surface area contributed by atoms with Gasteiger partial charge in [0.1, 0.15) is 5.75 Å². The fourth-order valence-corrected chi connectivity index (χ4v) is 2.73. The molecule has 104 valence electrons. The molecule has 1 aromatic carbocycles. The van der Waals surface area contributed by atoms with E-state index in [1.54, 1.807) is 19.2 Å². The van der Waals surface area contributed by atoms with Gasteiger partial charge in [-0.15, -0.1) is 0 Å². The van der Waals surface area contributed by atoms with Crippen molar-refractivity contribution in [1.29, 1.82) is 0 Å². The summed E-state index contributed by atoms with van der Waals surface area (Å²) in [4.78, 5) is 13.8. The monoisotopic (exact) mass is 263 g/mol. The van der Waals surface area contributed by atoms with Crippen LogP contribution in [0.4, 0.5) is 0 Å². The molecule has 2 N–H and O–H groups in total. The van der Waals surface area contributed by atoms with E-state index in [4.69, 9.17) is 0 Å². The first-order valence-electron chi connectivity index (χ1n) is 6.69. The zero-order valence-electron chi connectivity index (χ0n) is 11.5. The number of rotatable bonds is 3. The van der Waals surface area contributed by atoms with E-state index in [1.807, 2.05) is 6.92 Å². The number of hydrogen-bond acceptors (Lipinski definition) is 3. The number of carbonyl (C=O) groups excluding carboxylic acids is 1. The summed E-state index contributed by atoms with van der Waals surface area (Å²) in [5, 5.41) is 20.1. The lowest BCUT2D eigenvalue weighted by Gasteiger charge is -2.28. The van der Waals surface area contributed by atoms with Crippen LogP contribution in [-0.4, -0.2) is 40.2 Å². The first kappa shape index (κ1) is 13.9. The Morgan fingerprint density at radius 3 is 2.63 bits per heavy atom. The van der Waals surface area contributed by atoms with Crippen LogP contribution in [0.25, 0.3) is 0 Å². The van der Waals surface area contributed by atoms with E-state index in [9.17, 15) is 15.0 Å². The van der Waals surface area contributed by atoms with Crippen molar-refractivity contribution in [1.82, 2.24) is 4.90 Å². The maximum Gasteiger partial charge on any atom is 0.257 e. The van der Waals surface area contributed by atoms with Crippen molar-refractivity contribution in [3.05, 3.63) is 29.3 Å². The predicted molar refractivity (Wildman–Crippen MR) is 73.2 cm³/mol. The van der Waals surface area contributed by atoms with Gasteiger partial charge < -0.3 is 15.1 Å². The third-order valence-electron chi connectivity index (χ3n) is 3.79. The highest BCUT2D eigenvalue weighted by Gasteiger charge is 2.33. The third kappa shape index (κ3) is 3.07. The number of phenolic OH excluding ortho intramolecular Hbond substituents is 1. The lowest BCUT2D eigenvalue weighted by molar-refractivity contribution is 0.0155. The van der Waals surface area contributed by atoms with Gasteiger partial charge in [-0.3, -0.25) is 4.79 Å². The first-order valence-corrected chi connectivity index (χ1v) is 6.69. The largest absolute Gasteiger partial charge is 0.507 e. The molecule has 0 heterocycles. The van der Waals surface area contributed by atoms with Gasteiger partial charge >= 0.3 is 0 Å². The minimum atomic E-state index is -0.760. The summed E-state index contributed by atoms with van der Waals surface area (Å²) >= 11 is 0. The number of amides is 1. The van der Waals surface area contributed by atoms with Crippen LogP contribution in [0.1, 0.15) is 41.6 Å². The summed E-state index contributed by atoms with van der Waals surface area (Å²) in [7, 11) is 1.67. The highest BCUT2D eigenvalue weighted by Crippen LogP contribution is 2.30. The molecule has 0 saturated heterocycles. The van der Waals surface area contributed by atoms with Gasteiger partial charge in [-0.2, -0.15) is 0 Å². The summed E-state index contributed by atoms with van der Waals surface area (Å²) in [5.41, 5.74) is 0.461.